The quantitative estimate of drug-likeness (QED) is 0.260. The van der Waals surface area contributed by atoms with Crippen molar-refractivity contribution in [2.45, 2.75) is 32.0 Å². The number of guanidine groups is 1. The number of carbonyl (C=O) groups excluding carboxylic acids is 1. The molecule has 0 aromatic heterocycles. The average molecular weight is 520 g/mol. The Morgan fingerprint density at radius 3 is 2.76 bits per heavy atom. The predicted octanol–water partition coefficient (Wildman–Crippen LogP) is 2.02. The molecule has 2 saturated heterocycles. The number of morpholine rings is 1. The molecule has 29 heavy (non-hydrogen) atoms. The van der Waals surface area contributed by atoms with Crippen LogP contribution in [0.3, 0.4) is 0 Å². The van der Waals surface area contributed by atoms with Crippen molar-refractivity contribution in [1.29, 1.82) is 0 Å². The van der Waals surface area contributed by atoms with Gasteiger partial charge in [0.05, 0.1) is 24.8 Å². The second-order valence-corrected chi connectivity index (χ2v) is 6.88. The van der Waals surface area contributed by atoms with Crippen molar-refractivity contribution in [3.05, 3.63) is 35.6 Å². The zero-order valence-corrected chi connectivity index (χ0v) is 19.1. The summed E-state index contributed by atoms with van der Waals surface area (Å²) in [4.78, 5) is 18.9. The summed E-state index contributed by atoms with van der Waals surface area (Å²) in [5, 5.41) is 6.02. The van der Waals surface area contributed by atoms with Gasteiger partial charge in [-0.2, -0.15) is 0 Å². The monoisotopic (exact) mass is 520 g/mol. The second-order valence-electron chi connectivity index (χ2n) is 6.88. The molecule has 2 atom stereocenters. The van der Waals surface area contributed by atoms with Gasteiger partial charge in [0.25, 0.3) is 5.91 Å². The van der Waals surface area contributed by atoms with Gasteiger partial charge in [-0.3, -0.25) is 9.79 Å². The molecular weight excluding hydrogens is 490 g/mol. The predicted molar refractivity (Wildman–Crippen MR) is 120 cm³/mol. The van der Waals surface area contributed by atoms with E-state index in [-0.39, 0.29) is 41.7 Å². The zero-order valence-electron chi connectivity index (χ0n) is 16.7. The van der Waals surface area contributed by atoms with Crippen molar-refractivity contribution in [3.8, 4) is 0 Å². The lowest BCUT2D eigenvalue weighted by Gasteiger charge is -2.37. The molecular formula is C20H30FIN4O3. The SMILES string of the molecule is CCNC(=NCCNC(=O)c1ccccc1F)N1CCOC(C2CCCO2)C1.I. The summed E-state index contributed by atoms with van der Waals surface area (Å²) in [5.74, 6) is -0.151. The van der Waals surface area contributed by atoms with Gasteiger partial charge in [-0.1, -0.05) is 12.1 Å². The standard InChI is InChI=1S/C20H29FN4O3.HI/c1-2-22-20(25-11-13-28-18(14-25)17-8-5-12-27-17)24-10-9-23-19(26)15-6-3-4-7-16(15)21;/h3-4,6-7,17-18H,2,5,8-14H2,1H3,(H,22,24)(H,23,26);1H. The van der Waals surface area contributed by atoms with Crippen molar-refractivity contribution >= 4 is 35.8 Å². The molecule has 0 spiro atoms. The summed E-state index contributed by atoms with van der Waals surface area (Å²) in [6.07, 6.45) is 2.33. The fourth-order valence-corrected chi connectivity index (χ4v) is 3.49. The van der Waals surface area contributed by atoms with E-state index in [0.29, 0.717) is 19.7 Å². The Hall–Kier alpha value is -1.46. The Morgan fingerprint density at radius 2 is 2.03 bits per heavy atom. The molecule has 0 saturated carbocycles. The highest BCUT2D eigenvalue weighted by atomic mass is 127. The van der Waals surface area contributed by atoms with E-state index in [1.807, 2.05) is 6.92 Å². The summed E-state index contributed by atoms with van der Waals surface area (Å²) < 4.78 is 25.3. The van der Waals surface area contributed by atoms with Gasteiger partial charge >= 0.3 is 0 Å². The molecule has 2 unspecified atom stereocenters. The average Bonchev–Trinajstić information content (AvgIpc) is 3.25. The van der Waals surface area contributed by atoms with Crippen LogP contribution >= 0.6 is 24.0 Å². The van der Waals surface area contributed by atoms with Gasteiger partial charge in [-0.25, -0.2) is 4.39 Å². The van der Waals surface area contributed by atoms with Crippen LogP contribution in [0.2, 0.25) is 0 Å². The van der Waals surface area contributed by atoms with Crippen LogP contribution in [0.15, 0.2) is 29.3 Å². The number of nitrogens with zero attached hydrogens (tertiary/aromatic N) is 2. The largest absolute Gasteiger partial charge is 0.375 e. The number of amides is 1. The van der Waals surface area contributed by atoms with Crippen molar-refractivity contribution < 1.29 is 18.7 Å². The zero-order chi connectivity index (χ0) is 19.8. The minimum Gasteiger partial charge on any atom is -0.375 e. The van der Waals surface area contributed by atoms with E-state index < -0.39 is 11.7 Å². The van der Waals surface area contributed by atoms with E-state index in [1.54, 1.807) is 12.1 Å². The molecule has 7 nitrogen and oxygen atoms in total. The summed E-state index contributed by atoms with van der Waals surface area (Å²) in [6, 6.07) is 5.95. The Kier molecular flexibility index (Phi) is 10.1. The first-order valence-electron chi connectivity index (χ1n) is 9.98. The van der Waals surface area contributed by atoms with Crippen LogP contribution in [0.1, 0.15) is 30.1 Å². The van der Waals surface area contributed by atoms with Crippen LogP contribution < -0.4 is 10.6 Å². The van der Waals surface area contributed by atoms with E-state index in [4.69, 9.17) is 9.47 Å². The molecule has 1 aromatic carbocycles. The van der Waals surface area contributed by atoms with Crippen molar-refractivity contribution in [1.82, 2.24) is 15.5 Å². The maximum Gasteiger partial charge on any atom is 0.254 e. The molecule has 0 aliphatic carbocycles. The third kappa shape index (κ3) is 6.78. The lowest BCUT2D eigenvalue weighted by atomic mass is 10.1. The minimum atomic E-state index is -0.523. The van der Waals surface area contributed by atoms with Gasteiger partial charge in [0.2, 0.25) is 0 Å². The fourth-order valence-electron chi connectivity index (χ4n) is 3.49. The number of benzene rings is 1. The first kappa shape index (κ1) is 23.8. The van der Waals surface area contributed by atoms with Crippen molar-refractivity contribution in [3.63, 3.8) is 0 Å². The van der Waals surface area contributed by atoms with Gasteiger partial charge < -0.3 is 25.0 Å². The van der Waals surface area contributed by atoms with Crippen LogP contribution in [0.4, 0.5) is 4.39 Å². The highest BCUT2D eigenvalue weighted by Crippen LogP contribution is 2.21. The van der Waals surface area contributed by atoms with Gasteiger partial charge in [-0.05, 0) is 31.9 Å². The van der Waals surface area contributed by atoms with Crippen LogP contribution in [0, 0.1) is 5.82 Å². The second kappa shape index (κ2) is 12.3. The van der Waals surface area contributed by atoms with Crippen molar-refractivity contribution in [2.24, 2.45) is 4.99 Å². The molecule has 2 heterocycles. The number of rotatable bonds is 6. The summed E-state index contributed by atoms with van der Waals surface area (Å²) in [5.41, 5.74) is 0.0472. The smallest absolute Gasteiger partial charge is 0.254 e. The Morgan fingerprint density at radius 1 is 1.24 bits per heavy atom. The third-order valence-electron chi connectivity index (χ3n) is 4.88. The maximum absolute atomic E-state index is 13.7. The number of hydrogen-bond donors (Lipinski definition) is 2. The molecule has 1 aromatic rings. The van der Waals surface area contributed by atoms with Crippen LogP contribution in [-0.2, 0) is 9.47 Å². The van der Waals surface area contributed by atoms with Crippen LogP contribution in [0.25, 0.3) is 0 Å². The molecule has 9 heteroatoms. The van der Waals surface area contributed by atoms with Crippen molar-refractivity contribution in [2.75, 3.05) is 45.9 Å². The Bertz CT molecular complexity index is 685. The summed E-state index contributed by atoms with van der Waals surface area (Å²) in [7, 11) is 0. The number of halogens is 2. The van der Waals surface area contributed by atoms with Gasteiger partial charge in [0.15, 0.2) is 5.96 Å². The summed E-state index contributed by atoms with van der Waals surface area (Å²) in [6.45, 7) is 6.45. The third-order valence-corrected chi connectivity index (χ3v) is 4.88. The lowest BCUT2D eigenvalue weighted by Crippen LogP contribution is -2.53. The molecule has 0 bridgehead atoms. The first-order chi connectivity index (χ1) is 13.7. The highest BCUT2D eigenvalue weighted by Gasteiger charge is 2.32. The summed E-state index contributed by atoms with van der Waals surface area (Å²) >= 11 is 0. The molecule has 2 aliphatic rings. The Balaban J connectivity index is 0.00000300. The number of ether oxygens (including phenoxy) is 2. The highest BCUT2D eigenvalue weighted by molar-refractivity contribution is 14.0. The van der Waals surface area contributed by atoms with E-state index in [0.717, 1.165) is 45.0 Å². The van der Waals surface area contributed by atoms with Crippen LogP contribution in [-0.4, -0.2) is 74.9 Å². The van der Waals surface area contributed by atoms with E-state index in [2.05, 4.69) is 20.5 Å². The molecule has 162 valence electrons. The lowest BCUT2D eigenvalue weighted by molar-refractivity contribution is -0.0817. The minimum absolute atomic E-state index is 0. The first-order valence-corrected chi connectivity index (χ1v) is 9.98. The maximum atomic E-state index is 13.7. The normalized spacial score (nSPS) is 22.1. The number of carbonyl (C=O) groups is 1. The number of hydrogen-bond acceptors (Lipinski definition) is 4. The molecule has 0 radical (unpaired) electrons. The fraction of sp³-hybridized carbons (Fsp3) is 0.600. The van der Waals surface area contributed by atoms with E-state index in [1.165, 1.54) is 12.1 Å². The molecule has 2 fully saturated rings. The number of aliphatic imine (C=N–C) groups is 1. The van der Waals surface area contributed by atoms with Crippen LogP contribution in [0.5, 0.6) is 0 Å². The molecule has 2 aliphatic heterocycles. The van der Waals surface area contributed by atoms with Gasteiger partial charge in [0, 0.05) is 32.8 Å². The van der Waals surface area contributed by atoms with E-state index >= 15 is 0 Å². The number of nitrogens with one attached hydrogen (secondary N) is 2. The van der Waals surface area contributed by atoms with E-state index in [9.17, 15) is 9.18 Å². The van der Waals surface area contributed by atoms with Gasteiger partial charge in [-0.15, -0.1) is 24.0 Å². The molecule has 3 rings (SSSR count). The topological polar surface area (TPSA) is 75.2 Å². The Labute approximate surface area is 188 Å². The molecule has 1 amide bonds. The molecule has 2 N–H and O–H groups in total. The van der Waals surface area contributed by atoms with Gasteiger partial charge in [0.1, 0.15) is 11.9 Å².